The Kier molecular flexibility index (Phi) is 5.47. The van der Waals surface area contributed by atoms with Crippen LogP contribution >= 0.6 is 27.5 Å². The highest BCUT2D eigenvalue weighted by Gasteiger charge is 2.26. The quantitative estimate of drug-likeness (QED) is 0.835. The Morgan fingerprint density at radius 2 is 2.00 bits per heavy atom. The van der Waals surface area contributed by atoms with Crippen molar-refractivity contribution in [2.24, 2.45) is 5.92 Å². The van der Waals surface area contributed by atoms with E-state index in [9.17, 15) is 9.59 Å². The van der Waals surface area contributed by atoms with Crippen LogP contribution in [0.15, 0.2) is 22.7 Å². The van der Waals surface area contributed by atoms with Gasteiger partial charge in [-0.15, -0.1) is 0 Å². The zero-order chi connectivity index (χ0) is 15.4. The summed E-state index contributed by atoms with van der Waals surface area (Å²) in [7, 11) is 1.64. The summed E-state index contributed by atoms with van der Waals surface area (Å²) in [6, 6.07) is 5.12. The molecule has 1 aromatic rings. The number of urea groups is 1. The fraction of sp³-hybridized carbons (Fsp3) is 0.429. The van der Waals surface area contributed by atoms with Gasteiger partial charge in [-0.2, -0.15) is 0 Å². The summed E-state index contributed by atoms with van der Waals surface area (Å²) < 4.78 is 0.858. The number of anilines is 1. The monoisotopic (exact) mass is 373 g/mol. The summed E-state index contributed by atoms with van der Waals surface area (Å²) in [5, 5.41) is 5.93. The minimum atomic E-state index is -0.186. The van der Waals surface area contributed by atoms with Crippen molar-refractivity contribution in [3.05, 3.63) is 27.7 Å². The summed E-state index contributed by atoms with van der Waals surface area (Å²) in [5.41, 5.74) is 0.582. The second-order valence-corrected chi connectivity index (χ2v) is 6.25. The molecule has 0 bridgehead atoms. The van der Waals surface area contributed by atoms with Crippen LogP contribution in [0, 0.1) is 5.92 Å². The predicted molar refractivity (Wildman–Crippen MR) is 86.5 cm³/mol. The molecule has 0 atom stereocenters. The van der Waals surface area contributed by atoms with Crippen LogP contribution in [0.3, 0.4) is 0 Å². The van der Waals surface area contributed by atoms with Crippen molar-refractivity contribution in [1.29, 1.82) is 0 Å². The van der Waals surface area contributed by atoms with Gasteiger partial charge >= 0.3 is 6.03 Å². The number of rotatable bonds is 2. The van der Waals surface area contributed by atoms with Crippen molar-refractivity contribution >= 4 is 45.2 Å². The van der Waals surface area contributed by atoms with Crippen molar-refractivity contribution in [3.63, 3.8) is 0 Å². The predicted octanol–water partition coefficient (Wildman–Crippen LogP) is 3.09. The molecule has 1 saturated heterocycles. The number of nitrogens with one attached hydrogen (secondary N) is 2. The van der Waals surface area contributed by atoms with Crippen LogP contribution in [0.5, 0.6) is 0 Å². The van der Waals surface area contributed by atoms with Crippen LogP contribution in [0.25, 0.3) is 0 Å². The Labute approximate surface area is 137 Å². The molecular weight excluding hydrogens is 358 g/mol. The van der Waals surface area contributed by atoms with Gasteiger partial charge in [0, 0.05) is 30.5 Å². The van der Waals surface area contributed by atoms with Gasteiger partial charge in [-0.25, -0.2) is 4.79 Å². The van der Waals surface area contributed by atoms with Crippen LogP contribution in [0.1, 0.15) is 12.8 Å². The highest BCUT2D eigenvalue weighted by molar-refractivity contribution is 9.10. The van der Waals surface area contributed by atoms with Crippen LogP contribution in [0.2, 0.25) is 5.02 Å². The third kappa shape index (κ3) is 4.11. The molecule has 0 spiro atoms. The molecule has 0 aliphatic carbocycles. The molecule has 3 amide bonds. The smallest absolute Gasteiger partial charge is 0.321 e. The van der Waals surface area contributed by atoms with E-state index < -0.39 is 0 Å². The molecule has 0 saturated carbocycles. The van der Waals surface area contributed by atoms with Crippen molar-refractivity contribution in [2.45, 2.75) is 12.8 Å². The van der Waals surface area contributed by atoms with E-state index >= 15 is 0 Å². The summed E-state index contributed by atoms with van der Waals surface area (Å²) in [4.78, 5) is 25.5. The van der Waals surface area contributed by atoms with E-state index in [4.69, 9.17) is 11.6 Å². The van der Waals surface area contributed by atoms with Gasteiger partial charge in [-0.05, 0) is 31.0 Å². The van der Waals surface area contributed by atoms with Crippen LogP contribution in [-0.2, 0) is 4.79 Å². The van der Waals surface area contributed by atoms with E-state index in [2.05, 4.69) is 26.6 Å². The van der Waals surface area contributed by atoms with Gasteiger partial charge in [-0.3, -0.25) is 4.79 Å². The number of nitrogens with zero attached hydrogens (tertiary/aromatic N) is 1. The maximum atomic E-state index is 12.2. The van der Waals surface area contributed by atoms with E-state index in [-0.39, 0.29) is 17.9 Å². The molecule has 1 heterocycles. The number of carbonyl (C=O) groups is 2. The fourth-order valence-corrected chi connectivity index (χ4v) is 3.05. The SMILES string of the molecule is CNC(=O)C1CCN(C(=O)Nc2ccc(Br)cc2Cl)CC1. The van der Waals surface area contributed by atoms with E-state index in [1.807, 2.05) is 6.07 Å². The number of likely N-dealkylation sites (tertiary alicyclic amines) is 1. The van der Waals surface area contributed by atoms with Crippen LogP contribution < -0.4 is 10.6 Å². The summed E-state index contributed by atoms with van der Waals surface area (Å²) in [5.74, 6) is 0.0429. The maximum absolute atomic E-state index is 12.2. The molecular formula is C14H17BrClN3O2. The minimum Gasteiger partial charge on any atom is -0.359 e. The Bertz CT molecular complexity index is 545. The Morgan fingerprint density at radius 3 is 2.57 bits per heavy atom. The van der Waals surface area contributed by atoms with E-state index in [1.54, 1.807) is 24.1 Å². The highest BCUT2D eigenvalue weighted by atomic mass is 79.9. The second kappa shape index (κ2) is 7.13. The largest absolute Gasteiger partial charge is 0.359 e. The normalized spacial score (nSPS) is 15.7. The van der Waals surface area contributed by atoms with Gasteiger partial charge < -0.3 is 15.5 Å². The zero-order valence-electron chi connectivity index (χ0n) is 11.7. The molecule has 21 heavy (non-hydrogen) atoms. The number of benzene rings is 1. The topological polar surface area (TPSA) is 61.4 Å². The molecule has 1 fully saturated rings. The fourth-order valence-electron chi connectivity index (χ4n) is 2.33. The lowest BCUT2D eigenvalue weighted by Gasteiger charge is -2.31. The third-order valence-electron chi connectivity index (χ3n) is 3.57. The highest BCUT2D eigenvalue weighted by Crippen LogP contribution is 2.26. The average molecular weight is 375 g/mol. The number of carbonyl (C=O) groups excluding carboxylic acids is 2. The maximum Gasteiger partial charge on any atom is 0.321 e. The van der Waals surface area contributed by atoms with Gasteiger partial charge in [0.2, 0.25) is 5.91 Å². The standard InChI is InChI=1S/C14H17BrClN3O2/c1-17-13(20)9-4-6-19(7-5-9)14(21)18-12-3-2-10(15)8-11(12)16/h2-3,8-9H,4-7H2,1H3,(H,17,20)(H,18,21). The molecule has 5 nitrogen and oxygen atoms in total. The first-order valence-electron chi connectivity index (χ1n) is 6.74. The van der Waals surface area contributed by atoms with Crippen molar-refractivity contribution in [1.82, 2.24) is 10.2 Å². The van der Waals surface area contributed by atoms with E-state index in [0.717, 1.165) is 4.47 Å². The van der Waals surface area contributed by atoms with Gasteiger partial charge in [-0.1, -0.05) is 27.5 Å². The molecule has 114 valence electrons. The number of halogens is 2. The van der Waals surface area contributed by atoms with Crippen molar-refractivity contribution in [2.75, 3.05) is 25.5 Å². The lowest BCUT2D eigenvalue weighted by Crippen LogP contribution is -2.44. The Morgan fingerprint density at radius 1 is 1.33 bits per heavy atom. The third-order valence-corrected chi connectivity index (χ3v) is 4.38. The molecule has 0 aromatic heterocycles. The van der Waals surface area contributed by atoms with E-state index in [1.165, 1.54) is 0 Å². The summed E-state index contributed by atoms with van der Waals surface area (Å²) in [6.45, 7) is 1.14. The lowest BCUT2D eigenvalue weighted by molar-refractivity contribution is -0.125. The first-order chi connectivity index (χ1) is 10.0. The van der Waals surface area contributed by atoms with Gasteiger partial charge in [0.15, 0.2) is 0 Å². The van der Waals surface area contributed by atoms with E-state index in [0.29, 0.717) is 36.6 Å². The van der Waals surface area contributed by atoms with Crippen LogP contribution in [-0.4, -0.2) is 37.0 Å². The lowest BCUT2D eigenvalue weighted by atomic mass is 9.96. The molecule has 1 aromatic carbocycles. The zero-order valence-corrected chi connectivity index (χ0v) is 14.0. The molecule has 2 rings (SSSR count). The molecule has 0 radical (unpaired) electrons. The Hall–Kier alpha value is -1.27. The number of piperidine rings is 1. The first-order valence-corrected chi connectivity index (χ1v) is 7.91. The average Bonchev–Trinajstić information content (AvgIpc) is 2.49. The van der Waals surface area contributed by atoms with Gasteiger partial charge in [0.25, 0.3) is 0 Å². The second-order valence-electron chi connectivity index (χ2n) is 4.93. The molecule has 7 heteroatoms. The molecule has 1 aliphatic heterocycles. The van der Waals surface area contributed by atoms with Crippen LogP contribution in [0.4, 0.5) is 10.5 Å². The number of hydrogen-bond acceptors (Lipinski definition) is 2. The summed E-state index contributed by atoms with van der Waals surface area (Å²) >= 11 is 9.40. The molecule has 0 unspecified atom stereocenters. The van der Waals surface area contributed by atoms with Gasteiger partial charge in [0.1, 0.15) is 0 Å². The Balaban J connectivity index is 1.92. The summed E-state index contributed by atoms with van der Waals surface area (Å²) in [6.07, 6.45) is 1.36. The molecule has 1 aliphatic rings. The van der Waals surface area contributed by atoms with Gasteiger partial charge in [0.05, 0.1) is 10.7 Å². The van der Waals surface area contributed by atoms with Crippen molar-refractivity contribution in [3.8, 4) is 0 Å². The minimum absolute atomic E-state index is 0.00433. The molecule has 2 N–H and O–H groups in total. The number of hydrogen-bond donors (Lipinski definition) is 2. The number of amides is 3. The van der Waals surface area contributed by atoms with Crippen molar-refractivity contribution < 1.29 is 9.59 Å². The first kappa shape index (κ1) is 16.1.